The topological polar surface area (TPSA) is 73.6 Å². The average molecular weight is 310 g/mol. The van der Waals surface area contributed by atoms with Crippen molar-refractivity contribution < 1.29 is 19.1 Å². The van der Waals surface area contributed by atoms with Crippen LogP contribution in [0.3, 0.4) is 0 Å². The number of furan rings is 1. The van der Waals surface area contributed by atoms with Crippen molar-refractivity contribution >= 4 is 46.3 Å². The highest BCUT2D eigenvalue weighted by Crippen LogP contribution is 2.32. The Balaban J connectivity index is 2.04. The van der Waals surface area contributed by atoms with Crippen molar-refractivity contribution in [2.75, 3.05) is 6.54 Å². The Morgan fingerprint density at radius 3 is 2.90 bits per heavy atom. The zero-order valence-corrected chi connectivity index (χ0v) is 12.4. The van der Waals surface area contributed by atoms with Gasteiger partial charge in [0.25, 0.3) is 5.91 Å². The number of carbonyl (C=O) groups is 2. The van der Waals surface area contributed by atoms with E-state index >= 15 is 0 Å². The van der Waals surface area contributed by atoms with E-state index in [9.17, 15) is 14.7 Å². The molecule has 0 aliphatic carbocycles. The summed E-state index contributed by atoms with van der Waals surface area (Å²) in [5, 5.41) is 10.4. The molecule has 1 fully saturated rings. The van der Waals surface area contributed by atoms with Gasteiger partial charge in [-0.3, -0.25) is 9.69 Å². The number of amides is 1. The number of carbonyl (C=O) groups excluding carboxylic acids is 2. The SMILES string of the molecule is Cc1ccc(C=C2SC(=S)N(CCCC(=O)[O-])C2=O)o1. The first kappa shape index (κ1) is 14.8. The zero-order chi connectivity index (χ0) is 14.7. The molecule has 0 aromatic carbocycles. The summed E-state index contributed by atoms with van der Waals surface area (Å²) in [6.45, 7) is 2.11. The highest BCUT2D eigenvalue weighted by Gasteiger charge is 2.31. The Morgan fingerprint density at radius 1 is 1.55 bits per heavy atom. The summed E-state index contributed by atoms with van der Waals surface area (Å²) in [5.74, 6) is 0.0165. The molecule has 0 radical (unpaired) electrons. The van der Waals surface area contributed by atoms with Gasteiger partial charge in [0.1, 0.15) is 15.8 Å². The Hall–Kier alpha value is -1.60. The molecule has 1 aliphatic heterocycles. The molecule has 0 spiro atoms. The Kier molecular flexibility index (Phi) is 4.61. The van der Waals surface area contributed by atoms with E-state index in [1.54, 1.807) is 12.1 Å². The number of hydrogen-bond donors (Lipinski definition) is 0. The zero-order valence-electron chi connectivity index (χ0n) is 10.8. The summed E-state index contributed by atoms with van der Waals surface area (Å²) in [6.07, 6.45) is 1.88. The highest BCUT2D eigenvalue weighted by atomic mass is 32.2. The summed E-state index contributed by atoms with van der Waals surface area (Å²) in [4.78, 5) is 24.4. The van der Waals surface area contributed by atoms with Crippen molar-refractivity contribution in [1.29, 1.82) is 0 Å². The minimum absolute atomic E-state index is 0.0898. The second-order valence-electron chi connectivity index (χ2n) is 4.26. The fourth-order valence-electron chi connectivity index (χ4n) is 1.73. The molecule has 0 N–H and O–H groups in total. The van der Waals surface area contributed by atoms with Gasteiger partial charge in [-0.1, -0.05) is 24.0 Å². The van der Waals surface area contributed by atoms with Gasteiger partial charge in [-0.15, -0.1) is 0 Å². The molecule has 1 saturated heterocycles. The standard InChI is InChI=1S/C13H13NO4S2/c1-8-4-5-9(18-8)7-10-12(17)14(13(19)20-10)6-2-3-11(15)16/h4-5,7H,2-3,6H2,1H3,(H,15,16)/p-1. The number of carboxylic acids is 1. The van der Waals surface area contributed by atoms with E-state index in [2.05, 4.69) is 0 Å². The molecule has 0 atom stereocenters. The molecule has 0 unspecified atom stereocenters. The second kappa shape index (κ2) is 6.23. The van der Waals surface area contributed by atoms with Crippen molar-refractivity contribution in [1.82, 2.24) is 4.90 Å². The molecule has 0 bridgehead atoms. The van der Waals surface area contributed by atoms with Gasteiger partial charge in [-0.2, -0.15) is 0 Å². The first-order valence-corrected chi connectivity index (χ1v) is 7.21. The lowest BCUT2D eigenvalue weighted by atomic mass is 10.3. The molecule has 1 amide bonds. The Labute approximate surface area is 125 Å². The van der Waals surface area contributed by atoms with Crippen LogP contribution in [0, 0.1) is 6.92 Å². The molecule has 7 heteroatoms. The summed E-state index contributed by atoms with van der Waals surface area (Å²) < 4.78 is 5.82. The largest absolute Gasteiger partial charge is 0.550 e. The van der Waals surface area contributed by atoms with Crippen LogP contribution in [0.4, 0.5) is 0 Å². The first-order valence-electron chi connectivity index (χ1n) is 5.99. The Bertz CT molecular complexity index is 591. The van der Waals surface area contributed by atoms with E-state index in [0.29, 0.717) is 21.4 Å². The van der Waals surface area contributed by atoms with Gasteiger partial charge < -0.3 is 14.3 Å². The highest BCUT2D eigenvalue weighted by molar-refractivity contribution is 8.26. The fourth-order valence-corrected chi connectivity index (χ4v) is 3.02. The van der Waals surface area contributed by atoms with Gasteiger partial charge in [-0.05, 0) is 31.9 Å². The van der Waals surface area contributed by atoms with Gasteiger partial charge in [0.2, 0.25) is 0 Å². The van der Waals surface area contributed by atoms with Crippen LogP contribution >= 0.6 is 24.0 Å². The summed E-state index contributed by atoms with van der Waals surface area (Å²) in [5.41, 5.74) is 0. The number of aryl methyl sites for hydroxylation is 1. The average Bonchev–Trinajstić information content (AvgIpc) is 2.88. The van der Waals surface area contributed by atoms with Crippen LogP contribution in [0.15, 0.2) is 21.5 Å². The molecule has 20 heavy (non-hydrogen) atoms. The maximum absolute atomic E-state index is 12.1. The number of hydrogen-bond acceptors (Lipinski definition) is 6. The summed E-state index contributed by atoms with van der Waals surface area (Å²) in [7, 11) is 0. The van der Waals surface area contributed by atoms with E-state index in [4.69, 9.17) is 16.6 Å². The molecular formula is C13H12NO4S2-. The second-order valence-corrected chi connectivity index (χ2v) is 5.93. The van der Waals surface area contributed by atoms with Crippen LogP contribution in [0.25, 0.3) is 6.08 Å². The minimum Gasteiger partial charge on any atom is -0.550 e. The third-order valence-corrected chi connectivity index (χ3v) is 4.05. The van der Waals surface area contributed by atoms with Crippen LogP contribution < -0.4 is 5.11 Å². The van der Waals surface area contributed by atoms with E-state index < -0.39 is 5.97 Å². The molecule has 2 rings (SSSR count). The lowest BCUT2D eigenvalue weighted by Crippen LogP contribution is -2.30. The lowest BCUT2D eigenvalue weighted by molar-refractivity contribution is -0.305. The van der Waals surface area contributed by atoms with Crippen LogP contribution in [0.2, 0.25) is 0 Å². The van der Waals surface area contributed by atoms with Crippen LogP contribution in [-0.4, -0.2) is 27.6 Å². The van der Waals surface area contributed by atoms with Crippen molar-refractivity contribution in [3.8, 4) is 0 Å². The van der Waals surface area contributed by atoms with E-state index in [0.717, 1.165) is 5.76 Å². The number of thiocarbonyl (C=S) groups is 1. The van der Waals surface area contributed by atoms with E-state index in [1.165, 1.54) is 16.7 Å². The van der Waals surface area contributed by atoms with Gasteiger partial charge in [0, 0.05) is 18.6 Å². The van der Waals surface area contributed by atoms with E-state index in [1.807, 2.05) is 13.0 Å². The molecule has 106 valence electrons. The third-order valence-electron chi connectivity index (χ3n) is 2.67. The van der Waals surface area contributed by atoms with E-state index in [-0.39, 0.29) is 18.9 Å². The number of thioether (sulfide) groups is 1. The summed E-state index contributed by atoms with van der Waals surface area (Å²) in [6, 6.07) is 3.59. The molecular weight excluding hydrogens is 298 g/mol. The maximum Gasteiger partial charge on any atom is 0.266 e. The fraction of sp³-hybridized carbons (Fsp3) is 0.308. The number of aliphatic carboxylic acids is 1. The van der Waals surface area contributed by atoms with Gasteiger partial charge >= 0.3 is 0 Å². The van der Waals surface area contributed by atoms with Crippen molar-refractivity contribution in [2.24, 2.45) is 0 Å². The molecule has 1 aromatic rings. The van der Waals surface area contributed by atoms with Crippen LogP contribution in [0.1, 0.15) is 24.4 Å². The summed E-state index contributed by atoms with van der Waals surface area (Å²) >= 11 is 6.32. The predicted molar refractivity (Wildman–Crippen MR) is 77.6 cm³/mol. The van der Waals surface area contributed by atoms with Gasteiger partial charge in [-0.25, -0.2) is 0 Å². The molecule has 0 saturated carbocycles. The monoisotopic (exact) mass is 310 g/mol. The molecule has 2 heterocycles. The minimum atomic E-state index is -1.13. The number of carboxylic acid groups (broad SMARTS) is 1. The smallest absolute Gasteiger partial charge is 0.266 e. The van der Waals surface area contributed by atoms with Crippen LogP contribution in [-0.2, 0) is 9.59 Å². The molecule has 1 aromatic heterocycles. The molecule has 5 nitrogen and oxygen atoms in total. The molecule has 1 aliphatic rings. The third kappa shape index (κ3) is 3.49. The normalized spacial score (nSPS) is 17.2. The lowest BCUT2D eigenvalue weighted by Gasteiger charge is -2.14. The van der Waals surface area contributed by atoms with Crippen molar-refractivity contribution in [3.05, 3.63) is 28.6 Å². The Morgan fingerprint density at radius 2 is 2.30 bits per heavy atom. The first-order chi connectivity index (χ1) is 9.47. The van der Waals surface area contributed by atoms with Crippen molar-refractivity contribution in [2.45, 2.75) is 19.8 Å². The predicted octanol–water partition coefficient (Wildman–Crippen LogP) is 1.32. The van der Waals surface area contributed by atoms with Gasteiger partial charge in [0.05, 0.1) is 4.91 Å². The van der Waals surface area contributed by atoms with Gasteiger partial charge in [0.15, 0.2) is 0 Å². The quantitative estimate of drug-likeness (QED) is 0.603. The number of rotatable bonds is 5. The van der Waals surface area contributed by atoms with Crippen LogP contribution in [0.5, 0.6) is 0 Å². The number of nitrogens with zero attached hydrogens (tertiary/aromatic N) is 1. The maximum atomic E-state index is 12.1. The van der Waals surface area contributed by atoms with Crippen molar-refractivity contribution in [3.63, 3.8) is 0 Å².